The quantitative estimate of drug-likeness (QED) is 0.336. The average Bonchev–Trinajstić information content (AvgIpc) is 3.08. The lowest BCUT2D eigenvalue weighted by atomic mass is 10.00. The fraction of sp³-hybridized carbons (Fsp3) is 0.367. The zero-order chi connectivity index (χ0) is 29.7. The molecule has 2 atom stereocenters. The van der Waals surface area contributed by atoms with E-state index < -0.39 is 28.0 Å². The highest BCUT2D eigenvalue weighted by Crippen LogP contribution is 2.34. The van der Waals surface area contributed by atoms with Crippen molar-refractivity contribution < 1.29 is 27.5 Å². The molecule has 4 rings (SSSR count). The molecule has 41 heavy (non-hydrogen) atoms. The van der Waals surface area contributed by atoms with Crippen LogP contribution in [0.4, 0.5) is 5.69 Å². The first-order valence-corrected chi connectivity index (χ1v) is 15.2. The van der Waals surface area contributed by atoms with Crippen molar-refractivity contribution in [3.8, 4) is 5.75 Å². The standard InChI is InChI=1S/C30H36N4O6S/c1-5-16-41(38,39)33-29(36)22-10-13-23-21(17-22)12-15-27(40-4)24(23)18-34-26-9-7-6-8-20(26)11-14-25(30(34)37)32-28(35)19(2)31-3/h6-10,12-13,15,17,19,25,31H,5,11,14,16,18H2,1-4H3,(H,32,35)(H,33,36). The normalized spacial score (nSPS) is 16.0. The van der Waals surface area contributed by atoms with E-state index in [4.69, 9.17) is 4.74 Å². The first-order valence-electron chi connectivity index (χ1n) is 13.6. The van der Waals surface area contributed by atoms with Crippen molar-refractivity contribution in [2.24, 2.45) is 0 Å². The third-order valence-corrected chi connectivity index (χ3v) is 8.74. The van der Waals surface area contributed by atoms with E-state index >= 15 is 0 Å². The summed E-state index contributed by atoms with van der Waals surface area (Å²) in [6, 6.07) is 15.0. The van der Waals surface area contributed by atoms with E-state index in [1.807, 2.05) is 24.3 Å². The highest BCUT2D eigenvalue weighted by atomic mass is 32.2. The molecule has 0 saturated carbocycles. The summed E-state index contributed by atoms with van der Waals surface area (Å²) < 4.78 is 32.1. The first kappa shape index (κ1) is 30.0. The Labute approximate surface area is 240 Å². The van der Waals surface area contributed by atoms with Gasteiger partial charge < -0.3 is 20.3 Å². The van der Waals surface area contributed by atoms with Gasteiger partial charge in [-0.1, -0.05) is 37.3 Å². The largest absolute Gasteiger partial charge is 0.496 e. The fourth-order valence-corrected chi connectivity index (χ4v) is 6.03. The van der Waals surface area contributed by atoms with Crippen molar-refractivity contribution in [3.63, 3.8) is 0 Å². The van der Waals surface area contributed by atoms with E-state index in [0.717, 1.165) is 16.6 Å². The van der Waals surface area contributed by atoms with Crippen LogP contribution in [-0.4, -0.2) is 58.1 Å². The number of hydrogen-bond donors (Lipinski definition) is 3. The Morgan fingerprint density at radius 3 is 2.59 bits per heavy atom. The van der Waals surface area contributed by atoms with Crippen LogP contribution in [-0.2, 0) is 32.6 Å². The fourth-order valence-electron chi connectivity index (χ4n) is 4.99. The Morgan fingerprint density at radius 2 is 1.88 bits per heavy atom. The predicted molar refractivity (Wildman–Crippen MR) is 158 cm³/mol. The van der Waals surface area contributed by atoms with Crippen molar-refractivity contribution in [3.05, 3.63) is 71.3 Å². The van der Waals surface area contributed by atoms with Crippen LogP contribution < -0.4 is 25.0 Å². The third kappa shape index (κ3) is 6.68. The lowest BCUT2D eigenvalue weighted by Crippen LogP contribution is -2.52. The Balaban J connectivity index is 1.73. The van der Waals surface area contributed by atoms with Crippen molar-refractivity contribution in [1.29, 1.82) is 0 Å². The van der Waals surface area contributed by atoms with Crippen LogP contribution in [0, 0.1) is 0 Å². The van der Waals surface area contributed by atoms with Gasteiger partial charge in [0.05, 0.1) is 25.4 Å². The van der Waals surface area contributed by atoms with Crippen molar-refractivity contribution in [2.45, 2.75) is 51.7 Å². The lowest BCUT2D eigenvalue weighted by Gasteiger charge is -2.28. The number of para-hydroxylation sites is 1. The number of rotatable bonds is 10. The molecule has 2 unspecified atom stereocenters. The summed E-state index contributed by atoms with van der Waals surface area (Å²) in [5.41, 5.74) is 2.66. The number of amides is 3. The molecule has 1 aliphatic heterocycles. The minimum atomic E-state index is -3.73. The average molecular weight is 581 g/mol. The van der Waals surface area contributed by atoms with E-state index in [9.17, 15) is 22.8 Å². The van der Waals surface area contributed by atoms with Gasteiger partial charge in [-0.15, -0.1) is 0 Å². The van der Waals surface area contributed by atoms with Gasteiger partial charge in [-0.2, -0.15) is 0 Å². The van der Waals surface area contributed by atoms with Crippen molar-refractivity contribution >= 4 is 44.2 Å². The number of sulfonamides is 1. The minimum absolute atomic E-state index is 0.145. The smallest absolute Gasteiger partial charge is 0.264 e. The number of nitrogens with zero attached hydrogens (tertiary/aromatic N) is 1. The van der Waals surface area contributed by atoms with Gasteiger partial charge in [-0.05, 0) is 73.8 Å². The number of benzene rings is 3. The zero-order valence-electron chi connectivity index (χ0n) is 23.7. The van der Waals surface area contributed by atoms with Crippen LogP contribution in [0.5, 0.6) is 5.75 Å². The number of aryl methyl sites for hydroxylation is 1. The summed E-state index contributed by atoms with van der Waals surface area (Å²) >= 11 is 0. The Bertz CT molecular complexity index is 1570. The molecule has 0 spiro atoms. The first-order chi connectivity index (χ1) is 19.6. The number of methoxy groups -OCH3 is 1. The van der Waals surface area contributed by atoms with Crippen LogP contribution in [0.15, 0.2) is 54.6 Å². The van der Waals surface area contributed by atoms with Crippen LogP contribution in [0.3, 0.4) is 0 Å². The highest BCUT2D eigenvalue weighted by molar-refractivity contribution is 7.90. The van der Waals surface area contributed by atoms with Gasteiger partial charge in [0.25, 0.3) is 5.91 Å². The molecule has 10 nitrogen and oxygen atoms in total. The number of ether oxygens (including phenoxy) is 1. The minimum Gasteiger partial charge on any atom is -0.496 e. The molecular formula is C30H36N4O6S. The van der Waals surface area contributed by atoms with E-state index in [1.165, 1.54) is 0 Å². The molecule has 0 radical (unpaired) electrons. The van der Waals surface area contributed by atoms with Crippen LogP contribution >= 0.6 is 0 Å². The summed E-state index contributed by atoms with van der Waals surface area (Å²) in [6.45, 7) is 3.61. The van der Waals surface area contributed by atoms with Crippen LogP contribution in [0.25, 0.3) is 10.8 Å². The number of nitrogens with one attached hydrogen (secondary N) is 3. The Kier molecular flexibility index (Phi) is 9.29. The summed E-state index contributed by atoms with van der Waals surface area (Å²) in [6.07, 6.45) is 1.46. The molecule has 1 aliphatic rings. The maximum absolute atomic E-state index is 14.0. The molecule has 3 amide bonds. The molecule has 0 aromatic heterocycles. The molecule has 0 saturated heterocycles. The number of anilines is 1. The molecule has 3 N–H and O–H groups in total. The maximum Gasteiger partial charge on any atom is 0.264 e. The van der Waals surface area contributed by atoms with Crippen LogP contribution in [0.1, 0.15) is 48.2 Å². The van der Waals surface area contributed by atoms with Gasteiger partial charge in [0.15, 0.2) is 0 Å². The van der Waals surface area contributed by atoms with Crippen LogP contribution in [0.2, 0.25) is 0 Å². The molecular weight excluding hydrogens is 544 g/mol. The third-order valence-electron chi connectivity index (χ3n) is 7.30. The van der Waals surface area contributed by atoms with Gasteiger partial charge in [-0.3, -0.25) is 14.4 Å². The molecule has 3 aromatic carbocycles. The number of carbonyl (C=O) groups is 3. The van der Waals surface area contributed by atoms with Gasteiger partial charge in [0.1, 0.15) is 11.8 Å². The van der Waals surface area contributed by atoms with Gasteiger partial charge >= 0.3 is 0 Å². The van der Waals surface area contributed by atoms with E-state index in [0.29, 0.717) is 36.0 Å². The number of likely N-dealkylation sites (N-methyl/N-ethyl adjacent to an activating group) is 1. The SMILES string of the molecule is CCCS(=O)(=O)NC(=O)c1ccc2c(CN3C(=O)C(NC(=O)C(C)NC)CCc4ccccc43)c(OC)ccc2c1. The van der Waals surface area contributed by atoms with E-state index in [-0.39, 0.29) is 29.7 Å². The van der Waals surface area contributed by atoms with Crippen molar-refractivity contribution in [2.75, 3.05) is 24.8 Å². The maximum atomic E-state index is 14.0. The topological polar surface area (TPSA) is 134 Å². The number of hydrogen-bond acceptors (Lipinski definition) is 7. The molecule has 11 heteroatoms. The summed E-state index contributed by atoms with van der Waals surface area (Å²) in [4.78, 5) is 41.0. The van der Waals surface area contributed by atoms with Gasteiger partial charge in [-0.25, -0.2) is 13.1 Å². The van der Waals surface area contributed by atoms with E-state index in [1.54, 1.807) is 63.2 Å². The lowest BCUT2D eigenvalue weighted by molar-refractivity contribution is -0.128. The molecule has 3 aromatic rings. The second kappa shape index (κ2) is 12.7. The predicted octanol–water partition coefficient (Wildman–Crippen LogP) is 2.89. The summed E-state index contributed by atoms with van der Waals surface area (Å²) in [5.74, 6) is -0.786. The second-order valence-corrected chi connectivity index (χ2v) is 11.9. The summed E-state index contributed by atoms with van der Waals surface area (Å²) in [5, 5.41) is 7.24. The Hall–Kier alpha value is -3.96. The zero-order valence-corrected chi connectivity index (χ0v) is 24.5. The highest BCUT2D eigenvalue weighted by Gasteiger charge is 2.33. The molecule has 0 fully saturated rings. The molecule has 0 aliphatic carbocycles. The molecule has 1 heterocycles. The second-order valence-electron chi connectivity index (χ2n) is 10.1. The van der Waals surface area contributed by atoms with E-state index in [2.05, 4.69) is 15.4 Å². The Morgan fingerprint density at radius 1 is 1.12 bits per heavy atom. The van der Waals surface area contributed by atoms with Gasteiger partial charge in [0.2, 0.25) is 21.8 Å². The van der Waals surface area contributed by atoms with Gasteiger partial charge in [0, 0.05) is 16.8 Å². The molecule has 0 bridgehead atoms. The number of fused-ring (bicyclic) bond motifs is 2. The number of carbonyl (C=O) groups excluding carboxylic acids is 3. The molecule has 218 valence electrons. The summed E-state index contributed by atoms with van der Waals surface area (Å²) in [7, 11) is -0.492. The van der Waals surface area contributed by atoms with Crippen molar-refractivity contribution in [1.82, 2.24) is 15.4 Å². The monoisotopic (exact) mass is 580 g/mol.